The summed E-state index contributed by atoms with van der Waals surface area (Å²) in [6.07, 6.45) is 3.01. The van der Waals surface area contributed by atoms with Gasteiger partial charge in [-0.05, 0) is 58.2 Å². The molecule has 0 saturated heterocycles. The van der Waals surface area contributed by atoms with Crippen molar-refractivity contribution in [2.24, 2.45) is 7.05 Å². The number of amides is 1. The molecule has 6 heteroatoms. The minimum Gasteiger partial charge on any atom is -0.345 e. The molecule has 1 aromatic carbocycles. The summed E-state index contributed by atoms with van der Waals surface area (Å²) in [7, 11) is 1.97. The SMILES string of the molecule is Cc1nc2ccc(C(=O)NC3CCCc4c3c(C)nn4C)cc2nc1C. The lowest BCUT2D eigenvalue weighted by Crippen LogP contribution is -2.31. The van der Waals surface area contributed by atoms with Crippen LogP contribution in [0.15, 0.2) is 18.2 Å². The molecule has 0 saturated carbocycles. The number of hydrogen-bond acceptors (Lipinski definition) is 4. The summed E-state index contributed by atoms with van der Waals surface area (Å²) in [5.41, 5.74) is 7.39. The minimum atomic E-state index is -0.0759. The fraction of sp³-hybridized carbons (Fsp3) is 0.400. The highest BCUT2D eigenvalue weighted by atomic mass is 16.1. The molecule has 134 valence electrons. The molecule has 1 N–H and O–H groups in total. The maximum atomic E-state index is 12.8. The third kappa shape index (κ3) is 2.75. The number of aromatic nitrogens is 4. The Morgan fingerprint density at radius 3 is 2.62 bits per heavy atom. The van der Waals surface area contributed by atoms with Gasteiger partial charge < -0.3 is 5.32 Å². The Balaban J connectivity index is 1.63. The zero-order valence-electron chi connectivity index (χ0n) is 15.6. The summed E-state index contributed by atoms with van der Waals surface area (Å²) in [5.74, 6) is -0.0759. The van der Waals surface area contributed by atoms with E-state index in [0.717, 1.165) is 47.4 Å². The van der Waals surface area contributed by atoms with E-state index in [4.69, 9.17) is 0 Å². The van der Waals surface area contributed by atoms with Crippen LogP contribution in [0.5, 0.6) is 0 Å². The van der Waals surface area contributed by atoms with E-state index < -0.39 is 0 Å². The fourth-order valence-electron chi connectivity index (χ4n) is 3.85. The lowest BCUT2D eigenvalue weighted by molar-refractivity contribution is 0.0932. The van der Waals surface area contributed by atoms with Gasteiger partial charge in [0.25, 0.3) is 5.91 Å². The van der Waals surface area contributed by atoms with Crippen LogP contribution in [0.25, 0.3) is 11.0 Å². The highest BCUT2D eigenvalue weighted by Crippen LogP contribution is 2.32. The zero-order chi connectivity index (χ0) is 18.4. The number of carbonyl (C=O) groups is 1. The predicted octanol–water partition coefficient (Wildman–Crippen LogP) is 3.10. The summed E-state index contributed by atoms with van der Waals surface area (Å²) < 4.78 is 1.94. The Labute approximate surface area is 152 Å². The summed E-state index contributed by atoms with van der Waals surface area (Å²) in [5, 5.41) is 7.72. The van der Waals surface area contributed by atoms with Gasteiger partial charge in [-0.2, -0.15) is 5.10 Å². The van der Waals surface area contributed by atoms with Crippen LogP contribution in [0, 0.1) is 20.8 Å². The Morgan fingerprint density at radius 2 is 1.85 bits per heavy atom. The van der Waals surface area contributed by atoms with Crippen molar-refractivity contribution in [3.8, 4) is 0 Å². The average molecular weight is 349 g/mol. The van der Waals surface area contributed by atoms with Gasteiger partial charge >= 0.3 is 0 Å². The monoisotopic (exact) mass is 349 g/mol. The molecule has 0 aliphatic heterocycles. The van der Waals surface area contributed by atoms with Crippen molar-refractivity contribution < 1.29 is 4.79 Å². The van der Waals surface area contributed by atoms with E-state index in [2.05, 4.69) is 20.4 Å². The zero-order valence-corrected chi connectivity index (χ0v) is 15.6. The molecule has 0 fully saturated rings. The molecule has 0 radical (unpaired) electrons. The van der Waals surface area contributed by atoms with E-state index in [0.29, 0.717) is 5.56 Å². The van der Waals surface area contributed by atoms with Gasteiger partial charge in [0.1, 0.15) is 0 Å². The van der Waals surface area contributed by atoms with E-state index in [1.165, 1.54) is 11.3 Å². The van der Waals surface area contributed by atoms with Crippen LogP contribution < -0.4 is 5.32 Å². The summed E-state index contributed by atoms with van der Waals surface area (Å²) in [6.45, 7) is 5.89. The Kier molecular flexibility index (Phi) is 3.98. The maximum Gasteiger partial charge on any atom is 0.251 e. The van der Waals surface area contributed by atoms with Crippen molar-refractivity contribution in [3.63, 3.8) is 0 Å². The van der Waals surface area contributed by atoms with Gasteiger partial charge in [0.15, 0.2) is 0 Å². The first-order valence-corrected chi connectivity index (χ1v) is 9.02. The van der Waals surface area contributed by atoms with Crippen LogP contribution in [-0.2, 0) is 13.5 Å². The third-order valence-corrected chi connectivity index (χ3v) is 5.29. The number of fused-ring (bicyclic) bond motifs is 2. The second kappa shape index (κ2) is 6.20. The van der Waals surface area contributed by atoms with E-state index in [1.54, 1.807) is 0 Å². The van der Waals surface area contributed by atoms with Crippen molar-refractivity contribution >= 4 is 16.9 Å². The van der Waals surface area contributed by atoms with Gasteiger partial charge in [-0.3, -0.25) is 9.48 Å². The number of hydrogen-bond donors (Lipinski definition) is 1. The highest BCUT2D eigenvalue weighted by molar-refractivity contribution is 5.97. The number of nitrogens with zero attached hydrogens (tertiary/aromatic N) is 4. The van der Waals surface area contributed by atoms with Crippen LogP contribution in [0.1, 0.15) is 57.6 Å². The van der Waals surface area contributed by atoms with E-state index >= 15 is 0 Å². The molecule has 4 rings (SSSR count). The quantitative estimate of drug-likeness (QED) is 0.772. The molecular formula is C20H23N5O. The molecule has 3 aromatic rings. The van der Waals surface area contributed by atoms with Crippen molar-refractivity contribution in [3.05, 3.63) is 52.1 Å². The van der Waals surface area contributed by atoms with Crippen molar-refractivity contribution in [1.29, 1.82) is 0 Å². The first-order chi connectivity index (χ1) is 12.4. The number of carbonyl (C=O) groups excluding carboxylic acids is 1. The molecule has 2 aromatic heterocycles. The van der Waals surface area contributed by atoms with Gasteiger partial charge in [-0.1, -0.05) is 0 Å². The highest BCUT2D eigenvalue weighted by Gasteiger charge is 2.27. The Morgan fingerprint density at radius 1 is 1.12 bits per heavy atom. The van der Waals surface area contributed by atoms with Crippen molar-refractivity contribution in [1.82, 2.24) is 25.1 Å². The molecule has 2 heterocycles. The minimum absolute atomic E-state index is 0.0153. The smallest absolute Gasteiger partial charge is 0.251 e. The molecule has 0 bridgehead atoms. The summed E-state index contributed by atoms with van der Waals surface area (Å²) in [4.78, 5) is 21.9. The van der Waals surface area contributed by atoms with Gasteiger partial charge in [-0.15, -0.1) is 0 Å². The summed E-state index contributed by atoms with van der Waals surface area (Å²) >= 11 is 0. The van der Waals surface area contributed by atoms with Crippen LogP contribution in [0.3, 0.4) is 0 Å². The van der Waals surface area contributed by atoms with Gasteiger partial charge in [0.05, 0.1) is 34.2 Å². The first-order valence-electron chi connectivity index (χ1n) is 9.02. The average Bonchev–Trinajstić information content (AvgIpc) is 2.91. The van der Waals surface area contributed by atoms with E-state index in [9.17, 15) is 4.79 Å². The molecule has 1 amide bonds. The second-order valence-electron chi connectivity index (χ2n) is 7.09. The topological polar surface area (TPSA) is 72.7 Å². The van der Waals surface area contributed by atoms with Crippen LogP contribution in [0.2, 0.25) is 0 Å². The van der Waals surface area contributed by atoms with Gasteiger partial charge in [0, 0.05) is 23.9 Å². The molecule has 1 atom stereocenters. The molecule has 1 unspecified atom stereocenters. The Hall–Kier alpha value is -2.76. The lowest BCUT2D eigenvalue weighted by Gasteiger charge is -2.24. The second-order valence-corrected chi connectivity index (χ2v) is 7.09. The normalized spacial score (nSPS) is 16.5. The van der Waals surface area contributed by atoms with E-state index in [-0.39, 0.29) is 11.9 Å². The van der Waals surface area contributed by atoms with Crippen LogP contribution >= 0.6 is 0 Å². The van der Waals surface area contributed by atoms with Gasteiger partial charge in [0.2, 0.25) is 0 Å². The standard InChI is InChI=1S/C20H23N5O/c1-11-12(2)22-17-10-14(8-9-15(17)21-11)20(26)23-16-6-5-7-18-19(16)13(3)24-25(18)4/h8-10,16H,5-7H2,1-4H3,(H,23,26). The number of nitrogens with one attached hydrogen (secondary N) is 1. The molecule has 0 spiro atoms. The molecule has 1 aliphatic carbocycles. The summed E-state index contributed by atoms with van der Waals surface area (Å²) in [6, 6.07) is 5.53. The van der Waals surface area contributed by atoms with Crippen LogP contribution in [-0.4, -0.2) is 25.7 Å². The lowest BCUT2D eigenvalue weighted by atomic mass is 9.90. The number of rotatable bonds is 2. The maximum absolute atomic E-state index is 12.8. The number of benzene rings is 1. The Bertz CT molecular complexity index is 1020. The molecule has 26 heavy (non-hydrogen) atoms. The molecule has 1 aliphatic rings. The van der Waals surface area contributed by atoms with Crippen molar-refractivity contribution in [2.75, 3.05) is 0 Å². The van der Waals surface area contributed by atoms with Crippen molar-refractivity contribution in [2.45, 2.75) is 46.1 Å². The third-order valence-electron chi connectivity index (χ3n) is 5.29. The first kappa shape index (κ1) is 16.7. The largest absolute Gasteiger partial charge is 0.345 e. The molecule has 6 nitrogen and oxygen atoms in total. The fourth-order valence-corrected chi connectivity index (χ4v) is 3.85. The van der Waals surface area contributed by atoms with E-state index in [1.807, 2.05) is 50.7 Å². The van der Waals surface area contributed by atoms with Crippen LogP contribution in [0.4, 0.5) is 0 Å². The molecular weight excluding hydrogens is 326 g/mol. The number of aryl methyl sites for hydroxylation is 4. The predicted molar refractivity (Wildman–Crippen MR) is 100 cm³/mol. The van der Waals surface area contributed by atoms with Gasteiger partial charge in [-0.25, -0.2) is 9.97 Å².